The number of rotatable bonds is 11. The molecular weight excluding hydrogens is 550 g/mol. The largest absolute Gasteiger partial charge is 0.350 e. The van der Waals surface area contributed by atoms with E-state index in [0.29, 0.717) is 56.5 Å². The Morgan fingerprint density at radius 2 is 1.69 bits per heavy atom. The van der Waals surface area contributed by atoms with Crippen molar-refractivity contribution in [2.75, 3.05) is 42.3 Å². The van der Waals surface area contributed by atoms with Gasteiger partial charge in [0.15, 0.2) is 11.6 Å². The Hall–Kier alpha value is -3.20. The molecule has 1 saturated heterocycles. The summed E-state index contributed by atoms with van der Waals surface area (Å²) in [4.78, 5) is 10.6. The quantitative estimate of drug-likeness (QED) is 0.313. The Bertz CT molecular complexity index is 1500. The van der Waals surface area contributed by atoms with E-state index in [1.54, 1.807) is 18.2 Å². The fraction of sp³-hybridized carbons (Fsp3) is 0.360. The van der Waals surface area contributed by atoms with Crippen molar-refractivity contribution in [3.05, 3.63) is 71.9 Å². The molecule has 1 aliphatic rings. The van der Waals surface area contributed by atoms with Gasteiger partial charge in [0.2, 0.25) is 16.0 Å². The lowest BCUT2D eigenvalue weighted by Crippen LogP contribution is -2.45. The van der Waals surface area contributed by atoms with E-state index in [1.165, 1.54) is 30.7 Å². The summed E-state index contributed by atoms with van der Waals surface area (Å²) in [6.07, 6.45) is 3.93. The number of anilines is 3. The number of sulfonamides is 1. The van der Waals surface area contributed by atoms with Crippen LogP contribution in [0.5, 0.6) is 0 Å². The Morgan fingerprint density at radius 1 is 0.974 bits per heavy atom. The van der Waals surface area contributed by atoms with E-state index in [9.17, 15) is 25.6 Å². The van der Waals surface area contributed by atoms with Gasteiger partial charge in [0.05, 0.1) is 10.6 Å². The summed E-state index contributed by atoms with van der Waals surface area (Å²) in [5, 5.41) is 5.94. The van der Waals surface area contributed by atoms with E-state index >= 15 is 0 Å². The minimum Gasteiger partial charge on any atom is -0.350 e. The summed E-state index contributed by atoms with van der Waals surface area (Å²) >= 11 is 0. The van der Waals surface area contributed by atoms with Crippen LogP contribution in [-0.4, -0.2) is 69.4 Å². The zero-order chi connectivity index (χ0) is 28.0. The minimum atomic E-state index is -3.71. The summed E-state index contributed by atoms with van der Waals surface area (Å²) < 4.78 is 77.8. The van der Waals surface area contributed by atoms with Gasteiger partial charge in [-0.3, -0.25) is 0 Å². The minimum absolute atomic E-state index is 0.0935. The first-order chi connectivity index (χ1) is 18.5. The fourth-order valence-corrected chi connectivity index (χ4v) is 5.95. The van der Waals surface area contributed by atoms with Gasteiger partial charge in [0, 0.05) is 43.3 Å². The normalized spacial score (nSPS) is 15.3. The van der Waals surface area contributed by atoms with Gasteiger partial charge in [0.25, 0.3) is 0 Å². The van der Waals surface area contributed by atoms with Crippen LogP contribution in [0.25, 0.3) is 0 Å². The van der Waals surface area contributed by atoms with Gasteiger partial charge in [-0.1, -0.05) is 12.1 Å². The molecule has 2 heterocycles. The lowest BCUT2D eigenvalue weighted by atomic mass is 10.1. The molecule has 0 bridgehead atoms. The van der Waals surface area contributed by atoms with Crippen LogP contribution in [-0.2, 0) is 26.4 Å². The maximum atomic E-state index is 13.4. The monoisotopic (exact) mass is 580 g/mol. The third-order valence-electron chi connectivity index (χ3n) is 6.22. The Labute approximate surface area is 226 Å². The molecule has 4 rings (SSSR count). The molecule has 0 amide bonds. The molecule has 0 unspecified atom stereocenters. The van der Waals surface area contributed by atoms with Crippen molar-refractivity contribution in [3.63, 3.8) is 0 Å². The summed E-state index contributed by atoms with van der Waals surface area (Å²) in [7, 11) is -6.74. The van der Waals surface area contributed by atoms with E-state index in [0.717, 1.165) is 17.7 Å². The third-order valence-corrected chi connectivity index (χ3v) is 8.68. The lowest BCUT2D eigenvalue weighted by Gasteiger charge is -2.31. The molecule has 0 atom stereocenters. The van der Waals surface area contributed by atoms with Crippen LogP contribution >= 0.6 is 0 Å². The van der Waals surface area contributed by atoms with Gasteiger partial charge >= 0.3 is 0 Å². The van der Waals surface area contributed by atoms with Crippen LogP contribution in [0.1, 0.15) is 18.4 Å². The van der Waals surface area contributed by atoms with Crippen molar-refractivity contribution < 1.29 is 25.6 Å². The maximum absolute atomic E-state index is 13.4. The standard InChI is InChI=1S/C25H30F2N6O4S2/c1-38(34,35)15-14-33-12-9-19(10-13-33)32-39(36,37)21-5-2-18(3-6-21)17-29-25-28-11-8-24(31-25)30-20-4-7-22(26)23(27)16-20/h2-8,11,16,19,32H,9-10,12-15,17H2,1H3,(H2,28,29,30,31). The number of nitrogens with zero attached hydrogens (tertiary/aromatic N) is 3. The first-order valence-corrected chi connectivity index (χ1v) is 15.8. The summed E-state index contributed by atoms with van der Waals surface area (Å²) in [6, 6.07) is 11.3. The van der Waals surface area contributed by atoms with Crippen molar-refractivity contribution in [3.8, 4) is 0 Å². The van der Waals surface area contributed by atoms with E-state index in [2.05, 4.69) is 25.3 Å². The highest BCUT2D eigenvalue weighted by Gasteiger charge is 2.25. The maximum Gasteiger partial charge on any atom is 0.240 e. The van der Waals surface area contributed by atoms with Crippen molar-refractivity contribution in [2.45, 2.75) is 30.3 Å². The van der Waals surface area contributed by atoms with E-state index in [-0.39, 0.29) is 16.7 Å². The topological polar surface area (TPSA) is 133 Å². The molecule has 1 aliphatic heterocycles. The molecule has 14 heteroatoms. The van der Waals surface area contributed by atoms with Crippen molar-refractivity contribution in [2.24, 2.45) is 0 Å². The van der Waals surface area contributed by atoms with Gasteiger partial charge in [-0.2, -0.15) is 4.98 Å². The molecule has 1 fully saturated rings. The number of aromatic nitrogens is 2. The van der Waals surface area contributed by atoms with Gasteiger partial charge in [-0.05, 0) is 61.8 Å². The molecule has 3 N–H and O–H groups in total. The number of hydrogen-bond donors (Lipinski definition) is 3. The summed E-state index contributed by atoms with van der Waals surface area (Å²) in [6.45, 7) is 2.04. The lowest BCUT2D eigenvalue weighted by molar-refractivity contribution is 0.218. The second kappa shape index (κ2) is 12.3. The molecule has 0 aliphatic carbocycles. The molecule has 210 valence electrons. The smallest absolute Gasteiger partial charge is 0.240 e. The van der Waals surface area contributed by atoms with E-state index in [1.807, 2.05) is 4.90 Å². The summed E-state index contributed by atoms with van der Waals surface area (Å²) in [5.74, 6) is -1.14. The molecule has 0 saturated carbocycles. The van der Waals surface area contributed by atoms with E-state index in [4.69, 9.17) is 0 Å². The van der Waals surface area contributed by atoms with Crippen LogP contribution in [0.15, 0.2) is 59.6 Å². The average molecular weight is 581 g/mol. The number of nitrogens with one attached hydrogen (secondary N) is 3. The second-order valence-electron chi connectivity index (χ2n) is 9.38. The van der Waals surface area contributed by atoms with Crippen LogP contribution < -0.4 is 15.4 Å². The Balaban J connectivity index is 1.28. The van der Waals surface area contributed by atoms with Gasteiger partial charge in [0.1, 0.15) is 15.7 Å². The van der Waals surface area contributed by atoms with Gasteiger partial charge in [-0.25, -0.2) is 35.3 Å². The molecule has 10 nitrogen and oxygen atoms in total. The fourth-order valence-electron chi connectivity index (χ4n) is 4.06. The molecular formula is C25H30F2N6O4S2. The van der Waals surface area contributed by atoms with Gasteiger partial charge in [-0.15, -0.1) is 0 Å². The number of piperidine rings is 1. The first-order valence-electron chi connectivity index (χ1n) is 12.3. The number of likely N-dealkylation sites (tertiary alicyclic amines) is 1. The molecule has 0 spiro atoms. The third kappa shape index (κ3) is 8.65. The molecule has 39 heavy (non-hydrogen) atoms. The van der Waals surface area contributed by atoms with Crippen molar-refractivity contribution in [1.29, 1.82) is 0 Å². The molecule has 0 radical (unpaired) electrons. The zero-order valence-electron chi connectivity index (χ0n) is 21.3. The highest BCUT2D eigenvalue weighted by molar-refractivity contribution is 7.90. The number of benzene rings is 2. The molecule has 1 aromatic heterocycles. The zero-order valence-corrected chi connectivity index (χ0v) is 22.9. The predicted molar refractivity (Wildman–Crippen MR) is 145 cm³/mol. The highest BCUT2D eigenvalue weighted by atomic mass is 32.2. The van der Waals surface area contributed by atoms with Gasteiger partial charge < -0.3 is 15.5 Å². The molecule has 2 aromatic carbocycles. The van der Waals surface area contributed by atoms with Crippen molar-refractivity contribution in [1.82, 2.24) is 19.6 Å². The summed E-state index contributed by atoms with van der Waals surface area (Å²) in [5.41, 5.74) is 1.14. The Morgan fingerprint density at radius 3 is 2.36 bits per heavy atom. The van der Waals surface area contributed by atoms with Crippen molar-refractivity contribution >= 4 is 37.3 Å². The van der Waals surface area contributed by atoms with Crippen LogP contribution in [0.4, 0.5) is 26.2 Å². The Kier molecular flexibility index (Phi) is 9.10. The van der Waals surface area contributed by atoms with Crippen LogP contribution in [0.2, 0.25) is 0 Å². The number of halogens is 2. The van der Waals surface area contributed by atoms with E-state index < -0.39 is 31.5 Å². The van der Waals surface area contributed by atoms with Crippen LogP contribution in [0, 0.1) is 11.6 Å². The van der Waals surface area contributed by atoms with Crippen LogP contribution in [0.3, 0.4) is 0 Å². The first kappa shape index (κ1) is 28.8. The number of sulfone groups is 1. The number of hydrogen-bond acceptors (Lipinski definition) is 9. The SMILES string of the molecule is CS(=O)(=O)CCN1CCC(NS(=O)(=O)c2ccc(CNc3nccc(Nc4ccc(F)c(F)c4)n3)cc2)CC1. The predicted octanol–water partition coefficient (Wildman–Crippen LogP) is 2.90. The second-order valence-corrected chi connectivity index (χ2v) is 13.4. The average Bonchev–Trinajstić information content (AvgIpc) is 2.89. The molecule has 3 aromatic rings. The highest BCUT2D eigenvalue weighted by Crippen LogP contribution is 2.19.